The molecule has 0 aliphatic carbocycles. The fourth-order valence-corrected chi connectivity index (χ4v) is 4.51. The SMILES string of the molecule is C[C@H](C(=O)NC(C)(C)C)N(Cc1ccc(Cl)cc1Cl)C(=O)COc1ccc2ccccc2c1Br. The summed E-state index contributed by atoms with van der Waals surface area (Å²) in [5.74, 6) is -0.0659. The highest BCUT2D eigenvalue weighted by atomic mass is 79.9. The van der Waals surface area contributed by atoms with E-state index in [1.54, 1.807) is 25.1 Å². The first kappa shape index (κ1) is 26.3. The topological polar surface area (TPSA) is 58.6 Å². The Morgan fingerprint density at radius 1 is 1.09 bits per heavy atom. The largest absolute Gasteiger partial charge is 0.483 e. The average Bonchev–Trinajstić information content (AvgIpc) is 2.76. The van der Waals surface area contributed by atoms with Crippen LogP contribution in [0.15, 0.2) is 59.1 Å². The molecule has 1 N–H and O–H groups in total. The van der Waals surface area contributed by atoms with Crippen LogP contribution in [0, 0.1) is 0 Å². The minimum Gasteiger partial charge on any atom is -0.483 e. The van der Waals surface area contributed by atoms with E-state index in [4.69, 9.17) is 27.9 Å². The van der Waals surface area contributed by atoms with Gasteiger partial charge in [-0.05, 0) is 78.2 Å². The van der Waals surface area contributed by atoms with Crippen LogP contribution in [0.3, 0.4) is 0 Å². The summed E-state index contributed by atoms with van der Waals surface area (Å²) >= 11 is 16.0. The maximum absolute atomic E-state index is 13.3. The number of hydrogen-bond acceptors (Lipinski definition) is 3. The van der Waals surface area contributed by atoms with Gasteiger partial charge in [0.2, 0.25) is 5.91 Å². The van der Waals surface area contributed by atoms with Crippen molar-refractivity contribution >= 4 is 61.7 Å². The summed E-state index contributed by atoms with van der Waals surface area (Å²) in [5, 5.41) is 5.89. The molecule has 5 nitrogen and oxygen atoms in total. The fourth-order valence-electron chi connectivity index (χ4n) is 3.44. The van der Waals surface area contributed by atoms with Crippen molar-refractivity contribution in [3.63, 3.8) is 0 Å². The summed E-state index contributed by atoms with van der Waals surface area (Å²) in [6, 6.07) is 15.9. The lowest BCUT2D eigenvalue weighted by molar-refractivity contribution is -0.142. The highest BCUT2D eigenvalue weighted by Crippen LogP contribution is 2.33. The lowest BCUT2D eigenvalue weighted by Crippen LogP contribution is -2.53. The smallest absolute Gasteiger partial charge is 0.261 e. The van der Waals surface area contributed by atoms with Crippen molar-refractivity contribution in [1.29, 1.82) is 0 Å². The zero-order valence-electron chi connectivity index (χ0n) is 19.5. The van der Waals surface area contributed by atoms with Gasteiger partial charge >= 0.3 is 0 Å². The predicted octanol–water partition coefficient (Wildman–Crippen LogP) is 6.62. The first-order chi connectivity index (χ1) is 16.0. The molecular formula is C26H27BrCl2N2O3. The van der Waals surface area contributed by atoms with E-state index < -0.39 is 11.6 Å². The van der Waals surface area contributed by atoms with Crippen LogP contribution >= 0.6 is 39.1 Å². The second-order valence-corrected chi connectivity index (χ2v) is 10.7. The second kappa shape index (κ2) is 11.0. The fraction of sp³-hybridized carbons (Fsp3) is 0.308. The van der Waals surface area contributed by atoms with Gasteiger partial charge in [0.15, 0.2) is 6.61 Å². The molecule has 0 spiro atoms. The Morgan fingerprint density at radius 3 is 2.47 bits per heavy atom. The molecule has 0 bridgehead atoms. The summed E-state index contributed by atoms with van der Waals surface area (Å²) in [6.45, 7) is 7.25. The molecule has 0 saturated carbocycles. The highest BCUT2D eigenvalue weighted by Gasteiger charge is 2.29. The molecule has 3 rings (SSSR count). The number of hydrogen-bond donors (Lipinski definition) is 1. The van der Waals surface area contributed by atoms with Crippen LogP contribution in [0.5, 0.6) is 5.75 Å². The normalized spacial score (nSPS) is 12.3. The van der Waals surface area contributed by atoms with E-state index in [0.717, 1.165) is 15.2 Å². The van der Waals surface area contributed by atoms with Crippen LogP contribution in [0.25, 0.3) is 10.8 Å². The van der Waals surface area contributed by atoms with E-state index >= 15 is 0 Å². The third-order valence-corrected chi connectivity index (χ3v) is 6.61. The van der Waals surface area contributed by atoms with Crippen LogP contribution in [0.4, 0.5) is 0 Å². The first-order valence-corrected chi connectivity index (χ1v) is 12.4. The van der Waals surface area contributed by atoms with Crippen LogP contribution in [0.1, 0.15) is 33.3 Å². The molecule has 34 heavy (non-hydrogen) atoms. The van der Waals surface area contributed by atoms with Crippen LogP contribution < -0.4 is 10.1 Å². The summed E-state index contributed by atoms with van der Waals surface area (Å²) in [5.41, 5.74) is 0.242. The van der Waals surface area contributed by atoms with Crippen molar-refractivity contribution in [2.24, 2.45) is 0 Å². The maximum atomic E-state index is 13.3. The number of nitrogens with one attached hydrogen (secondary N) is 1. The minimum absolute atomic E-state index is 0.135. The van der Waals surface area contributed by atoms with Gasteiger partial charge in [0, 0.05) is 22.1 Å². The van der Waals surface area contributed by atoms with Crippen molar-refractivity contribution in [3.05, 3.63) is 74.7 Å². The van der Waals surface area contributed by atoms with Crippen LogP contribution in [-0.4, -0.2) is 34.9 Å². The van der Waals surface area contributed by atoms with E-state index in [1.807, 2.05) is 57.2 Å². The second-order valence-electron chi connectivity index (χ2n) is 9.06. The molecule has 3 aromatic carbocycles. The average molecular weight is 566 g/mol. The Bertz CT molecular complexity index is 1210. The molecule has 0 unspecified atom stereocenters. The van der Waals surface area contributed by atoms with Gasteiger partial charge in [-0.2, -0.15) is 0 Å². The number of benzene rings is 3. The molecule has 180 valence electrons. The van der Waals surface area contributed by atoms with Gasteiger partial charge in [-0.15, -0.1) is 0 Å². The molecule has 0 aromatic heterocycles. The van der Waals surface area contributed by atoms with Gasteiger partial charge in [0.25, 0.3) is 5.91 Å². The lowest BCUT2D eigenvalue weighted by atomic mass is 10.1. The van der Waals surface area contributed by atoms with Crippen molar-refractivity contribution < 1.29 is 14.3 Å². The third kappa shape index (κ3) is 6.65. The zero-order chi connectivity index (χ0) is 25.0. The molecule has 3 aromatic rings. The van der Waals surface area contributed by atoms with E-state index in [1.165, 1.54) is 4.90 Å². The highest BCUT2D eigenvalue weighted by molar-refractivity contribution is 9.10. The van der Waals surface area contributed by atoms with Crippen molar-refractivity contribution in [2.75, 3.05) is 6.61 Å². The van der Waals surface area contributed by atoms with E-state index in [-0.39, 0.29) is 25.0 Å². The molecule has 0 aliphatic rings. The van der Waals surface area contributed by atoms with Gasteiger partial charge in [0.05, 0.1) is 4.47 Å². The third-order valence-electron chi connectivity index (χ3n) is 5.20. The Labute approximate surface area is 218 Å². The number of halogens is 3. The van der Waals surface area contributed by atoms with E-state index in [2.05, 4.69) is 21.2 Å². The Morgan fingerprint density at radius 2 is 1.79 bits per heavy atom. The first-order valence-electron chi connectivity index (χ1n) is 10.8. The summed E-state index contributed by atoms with van der Waals surface area (Å²) in [7, 11) is 0. The van der Waals surface area contributed by atoms with Gasteiger partial charge in [-0.1, -0.05) is 59.6 Å². The molecule has 0 fully saturated rings. The molecular weight excluding hydrogens is 539 g/mol. The van der Waals surface area contributed by atoms with Crippen molar-refractivity contribution in [3.8, 4) is 5.75 Å². The maximum Gasteiger partial charge on any atom is 0.261 e. The number of rotatable bonds is 7. The van der Waals surface area contributed by atoms with Crippen molar-refractivity contribution in [1.82, 2.24) is 10.2 Å². The Kier molecular flexibility index (Phi) is 8.50. The standard InChI is InChI=1S/C26H27BrCl2N2O3/c1-16(25(33)30-26(2,3)4)31(14-18-9-11-19(28)13-21(18)29)23(32)15-34-22-12-10-17-7-5-6-8-20(17)24(22)27/h5-13,16H,14-15H2,1-4H3,(H,30,33)/t16-/m1/s1. The molecule has 0 radical (unpaired) electrons. The zero-order valence-corrected chi connectivity index (χ0v) is 22.6. The number of ether oxygens (including phenoxy) is 1. The monoisotopic (exact) mass is 564 g/mol. The quantitative estimate of drug-likeness (QED) is 0.350. The summed E-state index contributed by atoms with van der Waals surface area (Å²) in [6.07, 6.45) is 0. The van der Waals surface area contributed by atoms with Gasteiger partial charge in [-0.3, -0.25) is 9.59 Å². The van der Waals surface area contributed by atoms with Gasteiger partial charge in [-0.25, -0.2) is 0 Å². The van der Waals surface area contributed by atoms with Gasteiger partial charge < -0.3 is 15.0 Å². The minimum atomic E-state index is -0.748. The Balaban J connectivity index is 1.83. The number of amides is 2. The van der Waals surface area contributed by atoms with E-state index in [9.17, 15) is 9.59 Å². The van der Waals surface area contributed by atoms with Crippen LogP contribution in [0.2, 0.25) is 10.0 Å². The number of fused-ring (bicyclic) bond motifs is 1. The molecule has 0 heterocycles. The predicted molar refractivity (Wildman–Crippen MR) is 142 cm³/mol. The lowest BCUT2D eigenvalue weighted by Gasteiger charge is -2.31. The molecule has 2 amide bonds. The molecule has 1 atom stereocenters. The number of carbonyl (C=O) groups is 2. The number of nitrogens with zero attached hydrogens (tertiary/aromatic N) is 1. The number of carbonyl (C=O) groups excluding carboxylic acids is 2. The summed E-state index contributed by atoms with van der Waals surface area (Å²) < 4.78 is 6.65. The molecule has 8 heteroatoms. The summed E-state index contributed by atoms with van der Waals surface area (Å²) in [4.78, 5) is 27.7. The Hall–Kier alpha value is -2.28. The molecule has 0 aliphatic heterocycles. The van der Waals surface area contributed by atoms with E-state index in [0.29, 0.717) is 21.4 Å². The van der Waals surface area contributed by atoms with Crippen molar-refractivity contribution in [2.45, 2.75) is 45.8 Å². The van der Waals surface area contributed by atoms with Gasteiger partial charge in [0.1, 0.15) is 11.8 Å². The molecule has 0 saturated heterocycles. The van der Waals surface area contributed by atoms with Crippen LogP contribution in [-0.2, 0) is 16.1 Å².